The van der Waals surface area contributed by atoms with E-state index in [2.05, 4.69) is 0 Å². The maximum Gasteiger partial charge on any atom is 0.0947 e. The number of rotatable bonds is 4. The van der Waals surface area contributed by atoms with Gasteiger partial charge in [-0.15, -0.1) is 0 Å². The second kappa shape index (κ2) is 5.22. The monoisotopic (exact) mass is 199 g/mol. The number of nitrogens with two attached hydrogens (primary N) is 1. The lowest BCUT2D eigenvalue weighted by Gasteiger charge is -2.15. The molecule has 3 heteroatoms. The van der Waals surface area contributed by atoms with Crippen molar-refractivity contribution in [2.24, 2.45) is 5.73 Å². The Labute approximate surface area is 83.6 Å². The Kier molecular flexibility index (Phi) is 4.22. The van der Waals surface area contributed by atoms with Crippen molar-refractivity contribution in [2.75, 3.05) is 13.2 Å². The van der Waals surface area contributed by atoms with Crippen molar-refractivity contribution >= 4 is 11.6 Å². The zero-order chi connectivity index (χ0) is 9.68. The Hall–Kier alpha value is -0.570. The van der Waals surface area contributed by atoms with Crippen LogP contribution < -0.4 is 5.73 Å². The molecule has 1 aromatic rings. The van der Waals surface area contributed by atoms with Crippen molar-refractivity contribution in [1.82, 2.24) is 0 Å². The van der Waals surface area contributed by atoms with Crippen LogP contribution in [-0.2, 0) is 4.74 Å². The molecule has 1 unspecified atom stereocenters. The summed E-state index contributed by atoms with van der Waals surface area (Å²) in [4.78, 5) is 0. The highest BCUT2D eigenvalue weighted by Gasteiger charge is 2.08. The van der Waals surface area contributed by atoms with Crippen LogP contribution in [0.1, 0.15) is 18.6 Å². The van der Waals surface area contributed by atoms with E-state index in [4.69, 9.17) is 22.1 Å². The van der Waals surface area contributed by atoms with Crippen LogP contribution in [-0.4, -0.2) is 13.2 Å². The average Bonchev–Trinajstić information content (AvgIpc) is 2.14. The van der Waals surface area contributed by atoms with Crippen LogP contribution in [0.25, 0.3) is 0 Å². The summed E-state index contributed by atoms with van der Waals surface area (Å²) in [5.74, 6) is 0. The molecule has 1 atom stereocenters. The molecule has 1 rings (SSSR count). The molecule has 2 nitrogen and oxygen atoms in total. The Bertz CT molecular complexity index is 265. The minimum absolute atomic E-state index is 0.0382. The highest BCUT2D eigenvalue weighted by atomic mass is 35.5. The molecule has 0 aliphatic heterocycles. The Morgan fingerprint density at radius 2 is 2.31 bits per heavy atom. The standard InChI is InChI=1S/C10H14ClNO/c1-2-13-10(7-12)8-4-3-5-9(11)6-8/h3-6,10H,2,7,12H2,1H3. The molecular weight excluding hydrogens is 186 g/mol. The maximum absolute atomic E-state index is 5.85. The van der Waals surface area contributed by atoms with Gasteiger partial charge in [-0.25, -0.2) is 0 Å². The van der Waals surface area contributed by atoms with E-state index < -0.39 is 0 Å². The molecular formula is C10H14ClNO. The van der Waals surface area contributed by atoms with E-state index in [1.807, 2.05) is 31.2 Å². The molecule has 0 fully saturated rings. The number of hydrogen-bond donors (Lipinski definition) is 1. The Morgan fingerprint density at radius 3 is 2.85 bits per heavy atom. The SMILES string of the molecule is CCOC(CN)c1cccc(Cl)c1. The van der Waals surface area contributed by atoms with Gasteiger partial charge in [0, 0.05) is 18.2 Å². The lowest BCUT2D eigenvalue weighted by molar-refractivity contribution is 0.0688. The van der Waals surface area contributed by atoms with E-state index in [0.29, 0.717) is 13.2 Å². The van der Waals surface area contributed by atoms with Crippen molar-refractivity contribution < 1.29 is 4.74 Å². The molecule has 0 saturated heterocycles. The van der Waals surface area contributed by atoms with Gasteiger partial charge in [-0.2, -0.15) is 0 Å². The molecule has 0 saturated carbocycles. The van der Waals surface area contributed by atoms with E-state index in [1.54, 1.807) is 0 Å². The summed E-state index contributed by atoms with van der Waals surface area (Å²) in [7, 11) is 0. The van der Waals surface area contributed by atoms with Gasteiger partial charge in [-0.1, -0.05) is 23.7 Å². The van der Waals surface area contributed by atoms with Crippen LogP contribution in [0.5, 0.6) is 0 Å². The zero-order valence-electron chi connectivity index (χ0n) is 7.66. The van der Waals surface area contributed by atoms with Gasteiger partial charge >= 0.3 is 0 Å². The van der Waals surface area contributed by atoms with Crippen molar-refractivity contribution in [3.63, 3.8) is 0 Å². The predicted molar refractivity (Wildman–Crippen MR) is 54.9 cm³/mol. The van der Waals surface area contributed by atoms with Crippen LogP contribution in [0, 0.1) is 0 Å². The summed E-state index contributed by atoms with van der Waals surface area (Å²) < 4.78 is 5.45. The van der Waals surface area contributed by atoms with Crippen molar-refractivity contribution in [3.8, 4) is 0 Å². The largest absolute Gasteiger partial charge is 0.372 e. The molecule has 0 aromatic heterocycles. The van der Waals surface area contributed by atoms with E-state index in [-0.39, 0.29) is 6.10 Å². The van der Waals surface area contributed by atoms with Gasteiger partial charge in [0.2, 0.25) is 0 Å². The third kappa shape index (κ3) is 2.99. The first-order chi connectivity index (χ1) is 6.27. The molecule has 13 heavy (non-hydrogen) atoms. The molecule has 0 radical (unpaired) electrons. The first-order valence-corrected chi connectivity index (χ1v) is 4.72. The lowest BCUT2D eigenvalue weighted by atomic mass is 10.1. The number of halogens is 1. The number of ether oxygens (including phenoxy) is 1. The summed E-state index contributed by atoms with van der Waals surface area (Å²) in [6, 6.07) is 7.59. The van der Waals surface area contributed by atoms with Crippen LogP contribution in [0.3, 0.4) is 0 Å². The highest BCUT2D eigenvalue weighted by Crippen LogP contribution is 2.19. The highest BCUT2D eigenvalue weighted by molar-refractivity contribution is 6.30. The first kappa shape index (κ1) is 10.5. The van der Waals surface area contributed by atoms with Crippen LogP contribution in [0.15, 0.2) is 24.3 Å². The van der Waals surface area contributed by atoms with Crippen molar-refractivity contribution in [1.29, 1.82) is 0 Å². The minimum atomic E-state index is -0.0382. The third-order valence-corrected chi connectivity index (χ3v) is 2.04. The summed E-state index contributed by atoms with van der Waals surface area (Å²) >= 11 is 5.85. The fourth-order valence-corrected chi connectivity index (χ4v) is 1.41. The van der Waals surface area contributed by atoms with Crippen molar-refractivity contribution in [2.45, 2.75) is 13.0 Å². The van der Waals surface area contributed by atoms with Gasteiger partial charge in [0.1, 0.15) is 0 Å². The average molecular weight is 200 g/mol. The van der Waals surface area contributed by atoms with Gasteiger partial charge in [0.05, 0.1) is 6.10 Å². The normalized spacial score (nSPS) is 12.8. The van der Waals surface area contributed by atoms with Crippen LogP contribution in [0.2, 0.25) is 5.02 Å². The summed E-state index contributed by atoms with van der Waals surface area (Å²) in [5, 5.41) is 0.718. The zero-order valence-corrected chi connectivity index (χ0v) is 8.42. The van der Waals surface area contributed by atoms with E-state index in [1.165, 1.54) is 0 Å². The number of benzene rings is 1. The quantitative estimate of drug-likeness (QED) is 0.808. The minimum Gasteiger partial charge on any atom is -0.372 e. The van der Waals surface area contributed by atoms with Gasteiger partial charge in [-0.05, 0) is 24.6 Å². The Morgan fingerprint density at radius 1 is 1.54 bits per heavy atom. The van der Waals surface area contributed by atoms with E-state index in [9.17, 15) is 0 Å². The summed E-state index contributed by atoms with van der Waals surface area (Å²) in [5.41, 5.74) is 6.61. The second-order valence-electron chi connectivity index (χ2n) is 2.73. The van der Waals surface area contributed by atoms with Gasteiger partial charge in [-0.3, -0.25) is 0 Å². The maximum atomic E-state index is 5.85. The predicted octanol–water partition coefficient (Wildman–Crippen LogP) is 2.38. The fourth-order valence-electron chi connectivity index (χ4n) is 1.21. The number of hydrogen-bond acceptors (Lipinski definition) is 2. The third-order valence-electron chi connectivity index (χ3n) is 1.80. The first-order valence-electron chi connectivity index (χ1n) is 4.35. The molecule has 0 heterocycles. The topological polar surface area (TPSA) is 35.2 Å². The van der Waals surface area contributed by atoms with E-state index >= 15 is 0 Å². The summed E-state index contributed by atoms with van der Waals surface area (Å²) in [6.45, 7) is 3.09. The van der Waals surface area contributed by atoms with Crippen LogP contribution >= 0.6 is 11.6 Å². The molecule has 1 aromatic carbocycles. The van der Waals surface area contributed by atoms with Crippen molar-refractivity contribution in [3.05, 3.63) is 34.9 Å². The molecule has 0 aliphatic rings. The molecule has 0 aliphatic carbocycles. The molecule has 0 amide bonds. The van der Waals surface area contributed by atoms with E-state index in [0.717, 1.165) is 10.6 Å². The Balaban J connectivity index is 2.78. The van der Waals surface area contributed by atoms with Gasteiger partial charge < -0.3 is 10.5 Å². The van der Waals surface area contributed by atoms with Gasteiger partial charge in [0.15, 0.2) is 0 Å². The molecule has 0 bridgehead atoms. The molecule has 2 N–H and O–H groups in total. The summed E-state index contributed by atoms with van der Waals surface area (Å²) in [6.07, 6.45) is -0.0382. The van der Waals surface area contributed by atoms with Crippen LogP contribution in [0.4, 0.5) is 0 Å². The smallest absolute Gasteiger partial charge is 0.0947 e. The lowest BCUT2D eigenvalue weighted by Crippen LogP contribution is -2.15. The second-order valence-corrected chi connectivity index (χ2v) is 3.17. The molecule has 0 spiro atoms. The fraction of sp³-hybridized carbons (Fsp3) is 0.400. The van der Waals surface area contributed by atoms with Gasteiger partial charge in [0.25, 0.3) is 0 Å². The molecule has 72 valence electrons.